The van der Waals surface area contributed by atoms with Gasteiger partial charge in [-0.05, 0) is 36.2 Å². The summed E-state index contributed by atoms with van der Waals surface area (Å²) in [6, 6.07) is 17.3. The van der Waals surface area contributed by atoms with Crippen molar-refractivity contribution in [3.63, 3.8) is 0 Å². The van der Waals surface area contributed by atoms with Gasteiger partial charge in [0, 0.05) is 29.4 Å². The summed E-state index contributed by atoms with van der Waals surface area (Å²) >= 11 is 7.51. The number of nitrogens with one attached hydrogen (secondary N) is 1. The molecule has 0 atom stereocenters. The van der Waals surface area contributed by atoms with E-state index in [4.69, 9.17) is 22.1 Å². The second-order valence-electron chi connectivity index (χ2n) is 8.19. The Hall–Kier alpha value is -3.64. The van der Waals surface area contributed by atoms with Crippen molar-refractivity contribution in [3.05, 3.63) is 70.2 Å². The van der Waals surface area contributed by atoms with Gasteiger partial charge in [-0.3, -0.25) is 4.79 Å². The molecule has 1 aliphatic heterocycles. The minimum atomic E-state index is -0.144. The molecule has 3 N–H and O–H groups in total. The van der Waals surface area contributed by atoms with Crippen molar-refractivity contribution < 1.29 is 9.53 Å². The first-order valence-electron chi connectivity index (χ1n) is 11.1. The van der Waals surface area contributed by atoms with Crippen molar-refractivity contribution in [3.8, 4) is 17.2 Å². The van der Waals surface area contributed by atoms with Crippen LogP contribution in [-0.4, -0.2) is 42.1 Å². The maximum absolute atomic E-state index is 13.8. The Morgan fingerprint density at radius 2 is 1.91 bits per heavy atom. The maximum Gasteiger partial charge on any atom is 0.259 e. The third-order valence-electron chi connectivity index (χ3n) is 6.00. The molecule has 1 fully saturated rings. The summed E-state index contributed by atoms with van der Waals surface area (Å²) in [6.07, 6.45) is 0. The number of morpholine rings is 1. The molecule has 0 spiro atoms. The van der Waals surface area contributed by atoms with Crippen LogP contribution in [0.2, 0.25) is 5.02 Å². The predicted octanol–water partition coefficient (Wildman–Crippen LogP) is 5.60. The molecule has 1 saturated heterocycles. The van der Waals surface area contributed by atoms with Crippen LogP contribution in [0.25, 0.3) is 21.3 Å². The van der Waals surface area contributed by atoms with Crippen molar-refractivity contribution in [2.45, 2.75) is 6.92 Å². The average molecular weight is 504 g/mol. The number of pyridine rings is 1. The number of nitrogen functional groups attached to an aromatic ring is 1. The standard InChI is InChI=1S/C26H22ClN5O2S/c1-15-4-2-3-5-19(15)30-25-21(26(33)32-10-12-34-13-11-32)22-23(35-25)20(18(14-28)24(29)31-22)16-6-8-17(27)9-7-16/h2-9,30H,10-13H2,1H3,(H2,29,31). The third-order valence-corrected chi connectivity index (χ3v) is 7.36. The fraction of sp³-hybridized carbons (Fsp3) is 0.192. The molecule has 0 unspecified atom stereocenters. The summed E-state index contributed by atoms with van der Waals surface area (Å²) in [5, 5.41) is 14.6. The molecule has 4 aromatic rings. The molecule has 0 radical (unpaired) electrons. The van der Waals surface area contributed by atoms with Gasteiger partial charge in [0.05, 0.1) is 23.4 Å². The normalized spacial score (nSPS) is 13.6. The first kappa shape index (κ1) is 23.1. The van der Waals surface area contributed by atoms with Crippen LogP contribution >= 0.6 is 22.9 Å². The van der Waals surface area contributed by atoms with Crippen LogP contribution in [0.5, 0.6) is 0 Å². The number of aromatic nitrogens is 1. The van der Waals surface area contributed by atoms with E-state index in [0.717, 1.165) is 16.8 Å². The van der Waals surface area contributed by atoms with Gasteiger partial charge in [0.2, 0.25) is 0 Å². The molecule has 176 valence electrons. The summed E-state index contributed by atoms with van der Waals surface area (Å²) in [6.45, 7) is 3.96. The number of ether oxygens (including phenoxy) is 1. The summed E-state index contributed by atoms with van der Waals surface area (Å²) in [5.74, 6) is -0.0597. The molecular formula is C26H22ClN5O2S. The lowest BCUT2D eigenvalue weighted by atomic mass is 9.99. The van der Waals surface area contributed by atoms with Crippen molar-refractivity contribution in [1.29, 1.82) is 5.26 Å². The number of rotatable bonds is 4. The zero-order valence-electron chi connectivity index (χ0n) is 19.0. The van der Waals surface area contributed by atoms with Crippen LogP contribution in [0.4, 0.5) is 16.5 Å². The number of nitrogens with zero attached hydrogens (tertiary/aromatic N) is 3. The monoisotopic (exact) mass is 503 g/mol. The zero-order valence-corrected chi connectivity index (χ0v) is 20.5. The van der Waals surface area contributed by atoms with Gasteiger partial charge in [0.15, 0.2) is 0 Å². The molecule has 2 aromatic heterocycles. The van der Waals surface area contributed by atoms with E-state index in [0.29, 0.717) is 57.7 Å². The highest BCUT2D eigenvalue weighted by Crippen LogP contribution is 2.45. The molecule has 9 heteroatoms. The van der Waals surface area contributed by atoms with Crippen LogP contribution in [0, 0.1) is 18.3 Å². The Bertz CT molecular complexity index is 1470. The summed E-state index contributed by atoms with van der Waals surface area (Å²) in [7, 11) is 0. The number of aryl methyl sites for hydroxylation is 1. The number of thiophene rings is 1. The van der Waals surface area contributed by atoms with Gasteiger partial charge >= 0.3 is 0 Å². The van der Waals surface area contributed by atoms with E-state index in [1.807, 2.05) is 43.3 Å². The predicted molar refractivity (Wildman–Crippen MR) is 140 cm³/mol. The number of fused-ring (bicyclic) bond motifs is 1. The molecule has 2 aromatic carbocycles. The molecule has 5 rings (SSSR count). The summed E-state index contributed by atoms with van der Waals surface area (Å²) in [4.78, 5) is 20.1. The topological polar surface area (TPSA) is 104 Å². The third kappa shape index (κ3) is 4.30. The Balaban J connectivity index is 1.78. The number of para-hydroxylation sites is 1. The molecule has 1 amide bonds. The molecule has 35 heavy (non-hydrogen) atoms. The fourth-order valence-corrected chi connectivity index (χ4v) is 5.51. The Morgan fingerprint density at radius 1 is 1.20 bits per heavy atom. The van der Waals surface area contributed by atoms with Crippen molar-refractivity contribution >= 4 is 55.6 Å². The molecule has 0 saturated carbocycles. The Morgan fingerprint density at radius 3 is 2.60 bits per heavy atom. The van der Waals surface area contributed by atoms with Crippen LogP contribution in [0.1, 0.15) is 21.5 Å². The minimum Gasteiger partial charge on any atom is -0.383 e. The lowest BCUT2D eigenvalue weighted by Gasteiger charge is -2.27. The quantitative estimate of drug-likeness (QED) is 0.376. The van der Waals surface area contributed by atoms with Crippen LogP contribution < -0.4 is 11.1 Å². The van der Waals surface area contributed by atoms with Gasteiger partial charge in [-0.1, -0.05) is 41.9 Å². The number of carbonyl (C=O) groups is 1. The number of hydrogen-bond acceptors (Lipinski definition) is 7. The van der Waals surface area contributed by atoms with E-state index in [1.54, 1.807) is 17.0 Å². The second kappa shape index (κ2) is 9.55. The lowest BCUT2D eigenvalue weighted by Crippen LogP contribution is -2.40. The van der Waals surface area contributed by atoms with Crippen molar-refractivity contribution in [2.75, 3.05) is 37.4 Å². The molecule has 3 heterocycles. The summed E-state index contributed by atoms with van der Waals surface area (Å²) in [5.41, 5.74) is 10.8. The van der Waals surface area contributed by atoms with Gasteiger partial charge < -0.3 is 20.7 Å². The Labute approximate surface area is 211 Å². The highest BCUT2D eigenvalue weighted by molar-refractivity contribution is 7.24. The van der Waals surface area contributed by atoms with Crippen LogP contribution in [0.3, 0.4) is 0 Å². The summed E-state index contributed by atoms with van der Waals surface area (Å²) < 4.78 is 6.16. The van der Waals surface area contributed by atoms with E-state index in [9.17, 15) is 10.1 Å². The van der Waals surface area contributed by atoms with Crippen molar-refractivity contribution in [1.82, 2.24) is 9.88 Å². The van der Waals surface area contributed by atoms with Crippen molar-refractivity contribution in [2.24, 2.45) is 0 Å². The van der Waals surface area contributed by atoms with E-state index >= 15 is 0 Å². The molecule has 0 bridgehead atoms. The average Bonchev–Trinajstić information content (AvgIpc) is 3.22. The number of carbonyl (C=O) groups excluding carboxylic acids is 1. The van der Waals surface area contributed by atoms with Gasteiger partial charge in [0.1, 0.15) is 28.0 Å². The first-order valence-corrected chi connectivity index (χ1v) is 12.3. The first-order chi connectivity index (χ1) is 17.0. The Kier molecular flexibility index (Phi) is 6.31. The number of amides is 1. The molecular weight excluding hydrogens is 482 g/mol. The second-order valence-corrected chi connectivity index (χ2v) is 9.65. The zero-order chi connectivity index (χ0) is 24.5. The van der Waals surface area contributed by atoms with E-state index in [1.165, 1.54) is 11.3 Å². The van der Waals surface area contributed by atoms with E-state index in [-0.39, 0.29) is 17.3 Å². The fourth-order valence-electron chi connectivity index (χ4n) is 4.17. The van der Waals surface area contributed by atoms with E-state index < -0.39 is 0 Å². The van der Waals surface area contributed by atoms with Gasteiger partial charge in [0.25, 0.3) is 5.91 Å². The number of anilines is 3. The number of hydrogen-bond donors (Lipinski definition) is 2. The van der Waals surface area contributed by atoms with Gasteiger partial charge in [-0.25, -0.2) is 4.98 Å². The largest absolute Gasteiger partial charge is 0.383 e. The minimum absolute atomic E-state index is 0.0845. The number of nitriles is 1. The lowest BCUT2D eigenvalue weighted by molar-refractivity contribution is 0.0305. The number of halogens is 1. The number of benzene rings is 2. The highest BCUT2D eigenvalue weighted by atomic mass is 35.5. The molecule has 7 nitrogen and oxygen atoms in total. The molecule has 0 aliphatic carbocycles. The highest BCUT2D eigenvalue weighted by Gasteiger charge is 2.29. The van der Waals surface area contributed by atoms with Gasteiger partial charge in [-0.2, -0.15) is 5.26 Å². The smallest absolute Gasteiger partial charge is 0.259 e. The van der Waals surface area contributed by atoms with E-state index in [2.05, 4.69) is 16.4 Å². The van der Waals surface area contributed by atoms with Gasteiger partial charge in [-0.15, -0.1) is 11.3 Å². The van der Waals surface area contributed by atoms with Crippen LogP contribution in [-0.2, 0) is 4.74 Å². The number of nitrogens with two attached hydrogens (primary N) is 1. The van der Waals surface area contributed by atoms with Crippen LogP contribution in [0.15, 0.2) is 48.5 Å². The maximum atomic E-state index is 13.8. The SMILES string of the molecule is Cc1ccccc1Nc1sc2c(-c3ccc(Cl)cc3)c(C#N)c(N)nc2c1C(=O)N1CCOCC1. The molecule has 1 aliphatic rings.